The number of carbonyl (C=O) groups is 1. The van der Waals surface area contributed by atoms with Gasteiger partial charge in [-0.05, 0) is 29.7 Å². The van der Waals surface area contributed by atoms with Gasteiger partial charge in [0.25, 0.3) is 5.91 Å². The van der Waals surface area contributed by atoms with Gasteiger partial charge in [-0.25, -0.2) is 4.98 Å². The van der Waals surface area contributed by atoms with Crippen LogP contribution in [0.2, 0.25) is 0 Å². The van der Waals surface area contributed by atoms with Gasteiger partial charge in [0.2, 0.25) is 0 Å². The zero-order valence-corrected chi connectivity index (χ0v) is 15.1. The quantitative estimate of drug-likeness (QED) is 0.517. The van der Waals surface area contributed by atoms with Crippen LogP contribution in [0.15, 0.2) is 73.3 Å². The number of nitrogens with one attached hydrogen (secondary N) is 1. The maximum atomic E-state index is 12.5. The summed E-state index contributed by atoms with van der Waals surface area (Å²) in [6.07, 6.45) is 7.41. The minimum absolute atomic E-state index is 0.122. The first-order chi connectivity index (χ1) is 13.2. The number of nitrogens with zero attached hydrogens (tertiary/aromatic N) is 4. The predicted molar refractivity (Wildman–Crippen MR) is 106 cm³/mol. The van der Waals surface area contributed by atoms with Crippen LogP contribution in [-0.2, 0) is 6.54 Å². The molecule has 0 aliphatic rings. The first-order valence-electron chi connectivity index (χ1n) is 8.50. The van der Waals surface area contributed by atoms with Crippen molar-refractivity contribution in [3.8, 4) is 0 Å². The fourth-order valence-corrected chi connectivity index (χ4v) is 3.99. The van der Waals surface area contributed by atoms with Gasteiger partial charge < -0.3 is 9.72 Å². The predicted octanol–water partition coefficient (Wildman–Crippen LogP) is 4.05. The number of pyridine rings is 1. The Balaban J connectivity index is 1.31. The van der Waals surface area contributed by atoms with Crippen LogP contribution in [0.3, 0.4) is 0 Å². The monoisotopic (exact) mass is 373 g/mol. The van der Waals surface area contributed by atoms with Crippen LogP contribution >= 0.6 is 11.3 Å². The summed E-state index contributed by atoms with van der Waals surface area (Å²) in [5, 5.41) is 8.32. The molecule has 7 heteroatoms. The van der Waals surface area contributed by atoms with Crippen molar-refractivity contribution in [2.24, 2.45) is 0 Å². The maximum absolute atomic E-state index is 12.5. The lowest BCUT2D eigenvalue weighted by Crippen LogP contribution is -2.09. The van der Waals surface area contributed by atoms with Crippen LogP contribution in [-0.4, -0.2) is 25.1 Å². The van der Waals surface area contributed by atoms with Crippen LogP contribution in [0.25, 0.3) is 15.7 Å². The number of amides is 1. The topological polar surface area (TPSA) is 64.2 Å². The number of hydrogen-bond acceptors (Lipinski definition) is 4. The molecule has 1 N–H and O–H groups in total. The summed E-state index contributed by atoms with van der Waals surface area (Å²) in [6.45, 7) is 0.542. The molecule has 4 heterocycles. The molecule has 0 atom stereocenters. The van der Waals surface area contributed by atoms with Crippen molar-refractivity contribution in [2.45, 2.75) is 6.54 Å². The van der Waals surface area contributed by atoms with Gasteiger partial charge in [0.15, 0.2) is 0 Å². The molecule has 6 nitrogen and oxygen atoms in total. The smallest absolute Gasteiger partial charge is 0.265 e. The molecule has 0 fully saturated rings. The maximum Gasteiger partial charge on any atom is 0.265 e. The van der Waals surface area contributed by atoms with Crippen LogP contribution in [0.5, 0.6) is 0 Å². The molecule has 1 amide bonds. The molecule has 5 aromatic rings. The van der Waals surface area contributed by atoms with Gasteiger partial charge in [0.05, 0.1) is 29.0 Å². The molecule has 0 spiro atoms. The molecule has 0 aliphatic carbocycles. The normalized spacial score (nSPS) is 11.3. The zero-order valence-electron chi connectivity index (χ0n) is 14.2. The first kappa shape index (κ1) is 15.8. The second-order valence-electron chi connectivity index (χ2n) is 6.23. The van der Waals surface area contributed by atoms with Gasteiger partial charge in [-0.3, -0.25) is 9.48 Å². The highest BCUT2D eigenvalue weighted by Gasteiger charge is 2.12. The van der Waals surface area contributed by atoms with E-state index in [0.29, 0.717) is 17.1 Å². The Morgan fingerprint density at radius 1 is 1.11 bits per heavy atom. The summed E-state index contributed by atoms with van der Waals surface area (Å²) < 4.78 is 4.84. The average molecular weight is 373 g/mol. The van der Waals surface area contributed by atoms with Crippen molar-refractivity contribution < 1.29 is 4.79 Å². The van der Waals surface area contributed by atoms with E-state index >= 15 is 0 Å². The van der Waals surface area contributed by atoms with Crippen molar-refractivity contribution in [2.75, 3.05) is 5.32 Å². The summed E-state index contributed by atoms with van der Waals surface area (Å²) in [5.74, 6) is -0.122. The summed E-state index contributed by atoms with van der Waals surface area (Å²) >= 11 is 1.48. The molecule has 1 aromatic carbocycles. The van der Waals surface area contributed by atoms with E-state index in [1.165, 1.54) is 11.3 Å². The van der Waals surface area contributed by atoms with Crippen molar-refractivity contribution in [1.29, 1.82) is 0 Å². The van der Waals surface area contributed by atoms with E-state index in [0.717, 1.165) is 21.4 Å². The van der Waals surface area contributed by atoms with Crippen LogP contribution in [0.4, 0.5) is 5.69 Å². The Kier molecular flexibility index (Phi) is 3.72. The number of rotatable bonds is 4. The molecular weight excluding hydrogens is 358 g/mol. The van der Waals surface area contributed by atoms with Crippen molar-refractivity contribution in [3.63, 3.8) is 0 Å². The Bertz CT molecular complexity index is 1200. The molecular formula is C20H15N5OS. The van der Waals surface area contributed by atoms with E-state index in [2.05, 4.69) is 15.4 Å². The molecule has 0 aliphatic heterocycles. The Hall–Kier alpha value is -3.45. The lowest BCUT2D eigenvalue weighted by Gasteiger charge is -1.99. The van der Waals surface area contributed by atoms with E-state index in [1.807, 2.05) is 71.5 Å². The largest absolute Gasteiger partial charge is 0.319 e. The third-order valence-electron chi connectivity index (χ3n) is 4.28. The third-order valence-corrected chi connectivity index (χ3v) is 5.39. The van der Waals surface area contributed by atoms with Crippen LogP contribution in [0, 0.1) is 0 Å². The second-order valence-corrected chi connectivity index (χ2v) is 7.31. The van der Waals surface area contributed by atoms with Gasteiger partial charge in [-0.1, -0.05) is 24.3 Å². The van der Waals surface area contributed by atoms with Crippen molar-refractivity contribution in [1.82, 2.24) is 19.2 Å². The van der Waals surface area contributed by atoms with Gasteiger partial charge in [0.1, 0.15) is 5.65 Å². The standard InChI is InChI=1S/C20H15N5OS/c26-20(18-9-14-5-1-2-6-17(14)27-18)23-15-10-21-25(12-15)13-16-11-24-8-4-3-7-19(24)22-16/h1-12H,13H2,(H,23,26). The Morgan fingerprint density at radius 3 is 2.89 bits per heavy atom. The van der Waals surface area contributed by atoms with Crippen LogP contribution in [0.1, 0.15) is 15.4 Å². The number of fused-ring (bicyclic) bond motifs is 2. The van der Waals surface area contributed by atoms with Gasteiger partial charge in [0, 0.05) is 23.3 Å². The Morgan fingerprint density at radius 2 is 2.00 bits per heavy atom. The highest BCUT2D eigenvalue weighted by atomic mass is 32.1. The van der Waals surface area contributed by atoms with Gasteiger partial charge in [-0.2, -0.15) is 5.10 Å². The Labute approximate surface area is 158 Å². The lowest BCUT2D eigenvalue weighted by atomic mass is 10.2. The van der Waals surface area contributed by atoms with Gasteiger partial charge in [-0.15, -0.1) is 11.3 Å². The third kappa shape index (κ3) is 3.09. The summed E-state index contributed by atoms with van der Waals surface area (Å²) in [5.41, 5.74) is 2.48. The summed E-state index contributed by atoms with van der Waals surface area (Å²) in [6, 6.07) is 15.8. The van der Waals surface area contributed by atoms with E-state index in [-0.39, 0.29) is 5.91 Å². The minimum Gasteiger partial charge on any atom is -0.319 e. The zero-order chi connectivity index (χ0) is 18.2. The molecule has 4 aromatic heterocycles. The number of hydrogen-bond donors (Lipinski definition) is 1. The van der Waals surface area contributed by atoms with Crippen molar-refractivity contribution in [3.05, 3.63) is 83.9 Å². The molecule has 0 unspecified atom stereocenters. The van der Waals surface area contributed by atoms with E-state index < -0.39 is 0 Å². The highest BCUT2D eigenvalue weighted by Crippen LogP contribution is 2.26. The summed E-state index contributed by atoms with van der Waals surface area (Å²) in [4.78, 5) is 17.8. The SMILES string of the molecule is O=C(Nc1cnn(Cc2cn3ccccc3n2)c1)c1cc2ccccc2s1. The van der Waals surface area contributed by atoms with E-state index in [1.54, 1.807) is 10.9 Å². The number of carbonyl (C=O) groups excluding carboxylic acids is 1. The number of anilines is 1. The fourth-order valence-electron chi connectivity index (χ4n) is 3.03. The highest BCUT2D eigenvalue weighted by molar-refractivity contribution is 7.20. The number of benzene rings is 1. The average Bonchev–Trinajstić information content (AvgIpc) is 3.39. The van der Waals surface area contributed by atoms with Crippen molar-refractivity contribution >= 4 is 38.7 Å². The molecule has 0 saturated heterocycles. The second kappa shape index (κ2) is 6.37. The van der Waals surface area contributed by atoms with E-state index in [4.69, 9.17) is 0 Å². The summed E-state index contributed by atoms with van der Waals surface area (Å²) in [7, 11) is 0. The molecule has 0 radical (unpaired) electrons. The molecule has 5 rings (SSSR count). The lowest BCUT2D eigenvalue weighted by molar-refractivity contribution is 0.103. The molecule has 27 heavy (non-hydrogen) atoms. The molecule has 0 saturated carbocycles. The van der Waals surface area contributed by atoms with Gasteiger partial charge >= 0.3 is 0 Å². The number of aromatic nitrogens is 4. The van der Waals surface area contributed by atoms with E-state index in [9.17, 15) is 4.79 Å². The number of imidazole rings is 1. The van der Waals surface area contributed by atoms with Crippen LogP contribution < -0.4 is 5.32 Å². The minimum atomic E-state index is -0.122. The fraction of sp³-hybridized carbons (Fsp3) is 0.0500. The number of thiophene rings is 1. The first-order valence-corrected chi connectivity index (χ1v) is 9.31. The molecule has 0 bridgehead atoms. The molecule has 132 valence electrons.